The minimum absolute atomic E-state index is 0.281. The van der Waals surface area contributed by atoms with Gasteiger partial charge in [-0.3, -0.25) is 9.48 Å². The normalized spacial score (nSPS) is 16.3. The SMILES string of the molecule is CC1CCc2onc(C(=O)Nc3cnn(Cc4ccccc4F)c3)c2C1. The van der Waals surface area contributed by atoms with Gasteiger partial charge in [-0.05, 0) is 24.8 Å². The molecule has 1 atom stereocenters. The summed E-state index contributed by atoms with van der Waals surface area (Å²) in [5.74, 6) is 0.729. The molecule has 3 aromatic rings. The predicted octanol–water partition coefficient (Wildman–Crippen LogP) is 3.44. The molecule has 6 nitrogen and oxygen atoms in total. The fourth-order valence-corrected chi connectivity index (χ4v) is 3.26. The third kappa shape index (κ3) is 3.24. The molecule has 0 spiro atoms. The number of hydrogen-bond acceptors (Lipinski definition) is 4. The molecular weight excluding hydrogens is 335 g/mol. The highest BCUT2D eigenvalue weighted by molar-refractivity contribution is 6.03. The van der Waals surface area contributed by atoms with Crippen LogP contribution in [0.2, 0.25) is 0 Å². The second kappa shape index (κ2) is 6.74. The van der Waals surface area contributed by atoms with Gasteiger partial charge in [0.2, 0.25) is 0 Å². The van der Waals surface area contributed by atoms with Gasteiger partial charge in [-0.25, -0.2) is 4.39 Å². The lowest BCUT2D eigenvalue weighted by molar-refractivity contribution is 0.101. The minimum atomic E-state index is -0.311. The molecule has 0 saturated heterocycles. The Kier molecular flexibility index (Phi) is 4.28. The summed E-state index contributed by atoms with van der Waals surface area (Å²) < 4.78 is 20.6. The highest BCUT2D eigenvalue weighted by Crippen LogP contribution is 2.28. The van der Waals surface area contributed by atoms with E-state index in [1.807, 2.05) is 0 Å². The number of nitrogens with one attached hydrogen (secondary N) is 1. The van der Waals surface area contributed by atoms with Crippen LogP contribution in [0, 0.1) is 11.7 Å². The maximum atomic E-state index is 13.7. The van der Waals surface area contributed by atoms with Crippen LogP contribution in [0.3, 0.4) is 0 Å². The number of anilines is 1. The molecule has 0 saturated carbocycles. The van der Waals surface area contributed by atoms with Crippen LogP contribution in [0.15, 0.2) is 41.2 Å². The van der Waals surface area contributed by atoms with E-state index >= 15 is 0 Å². The van der Waals surface area contributed by atoms with Crippen LogP contribution in [-0.2, 0) is 19.4 Å². The molecule has 1 unspecified atom stereocenters. The number of carbonyl (C=O) groups excluding carboxylic acids is 1. The fourth-order valence-electron chi connectivity index (χ4n) is 3.26. The van der Waals surface area contributed by atoms with Crippen molar-refractivity contribution in [2.24, 2.45) is 5.92 Å². The summed E-state index contributed by atoms with van der Waals surface area (Å²) in [5.41, 5.74) is 2.31. The molecule has 4 rings (SSSR count). The van der Waals surface area contributed by atoms with Crippen LogP contribution in [0.1, 0.15) is 40.7 Å². The number of aromatic nitrogens is 3. The standard InChI is InChI=1S/C19H19FN4O2/c1-12-6-7-17-15(8-12)18(23-26-17)19(25)22-14-9-21-24(11-14)10-13-4-2-3-5-16(13)20/h2-5,9,11-12H,6-8,10H2,1H3,(H,22,25). The first-order valence-electron chi connectivity index (χ1n) is 8.65. The topological polar surface area (TPSA) is 73.0 Å². The molecule has 2 aromatic heterocycles. The summed E-state index contributed by atoms with van der Waals surface area (Å²) in [6, 6.07) is 6.54. The van der Waals surface area contributed by atoms with Gasteiger partial charge in [-0.2, -0.15) is 5.10 Å². The fraction of sp³-hybridized carbons (Fsp3) is 0.316. The monoisotopic (exact) mass is 354 g/mol. The summed E-state index contributed by atoms with van der Waals surface area (Å²) in [6.07, 6.45) is 5.87. The van der Waals surface area contributed by atoms with Crippen molar-refractivity contribution in [3.05, 3.63) is 65.1 Å². The van der Waals surface area contributed by atoms with Gasteiger partial charge in [-0.1, -0.05) is 30.3 Å². The molecule has 0 bridgehead atoms. The Hall–Kier alpha value is -2.96. The highest BCUT2D eigenvalue weighted by Gasteiger charge is 2.27. The van der Waals surface area contributed by atoms with E-state index in [-0.39, 0.29) is 11.7 Å². The molecule has 0 aliphatic heterocycles. The van der Waals surface area contributed by atoms with Gasteiger partial charge in [0.25, 0.3) is 5.91 Å². The maximum absolute atomic E-state index is 13.7. The number of nitrogens with zero attached hydrogens (tertiary/aromatic N) is 3. The summed E-state index contributed by atoms with van der Waals surface area (Å²) in [4.78, 5) is 12.5. The number of aryl methyl sites for hydroxylation is 1. The van der Waals surface area contributed by atoms with Gasteiger partial charge < -0.3 is 9.84 Å². The van der Waals surface area contributed by atoms with E-state index in [1.54, 1.807) is 29.1 Å². The van der Waals surface area contributed by atoms with Crippen molar-refractivity contribution in [3.63, 3.8) is 0 Å². The molecule has 134 valence electrons. The summed E-state index contributed by atoms with van der Waals surface area (Å²) >= 11 is 0. The molecule has 1 amide bonds. The molecule has 1 aliphatic rings. The van der Waals surface area contributed by atoms with E-state index in [2.05, 4.69) is 22.5 Å². The number of halogens is 1. The lowest BCUT2D eigenvalue weighted by Gasteiger charge is -2.16. The van der Waals surface area contributed by atoms with E-state index in [0.717, 1.165) is 30.6 Å². The van der Waals surface area contributed by atoms with Gasteiger partial charge in [-0.15, -0.1) is 0 Å². The Labute approximate surface area is 150 Å². The van der Waals surface area contributed by atoms with Crippen molar-refractivity contribution >= 4 is 11.6 Å². The lowest BCUT2D eigenvalue weighted by atomic mass is 9.88. The Balaban J connectivity index is 1.47. The first-order chi connectivity index (χ1) is 12.6. The van der Waals surface area contributed by atoms with Gasteiger partial charge in [0.05, 0.1) is 18.4 Å². The summed E-state index contributed by atoms with van der Waals surface area (Å²) in [5, 5.41) is 10.9. The zero-order chi connectivity index (χ0) is 18.1. The van der Waals surface area contributed by atoms with Crippen LogP contribution in [0.5, 0.6) is 0 Å². The van der Waals surface area contributed by atoms with Crippen LogP contribution in [-0.4, -0.2) is 20.8 Å². The Morgan fingerprint density at radius 1 is 1.42 bits per heavy atom. The lowest BCUT2D eigenvalue weighted by Crippen LogP contribution is -2.17. The zero-order valence-corrected chi connectivity index (χ0v) is 14.4. The van der Waals surface area contributed by atoms with Crippen molar-refractivity contribution in [2.75, 3.05) is 5.32 Å². The van der Waals surface area contributed by atoms with Crippen molar-refractivity contribution in [1.82, 2.24) is 14.9 Å². The molecule has 0 radical (unpaired) electrons. The molecule has 1 aromatic carbocycles. The summed E-state index contributed by atoms with van der Waals surface area (Å²) in [7, 11) is 0. The summed E-state index contributed by atoms with van der Waals surface area (Å²) in [6.45, 7) is 2.45. The number of carbonyl (C=O) groups is 1. The Morgan fingerprint density at radius 2 is 2.27 bits per heavy atom. The number of benzene rings is 1. The largest absolute Gasteiger partial charge is 0.360 e. The second-order valence-corrected chi connectivity index (χ2v) is 6.75. The zero-order valence-electron chi connectivity index (χ0n) is 14.4. The minimum Gasteiger partial charge on any atom is -0.360 e. The molecule has 7 heteroatoms. The first-order valence-corrected chi connectivity index (χ1v) is 8.65. The molecule has 1 N–H and O–H groups in total. The number of fused-ring (bicyclic) bond motifs is 1. The van der Waals surface area contributed by atoms with Gasteiger partial charge in [0.1, 0.15) is 11.6 Å². The van der Waals surface area contributed by atoms with Crippen LogP contribution in [0.4, 0.5) is 10.1 Å². The van der Waals surface area contributed by atoms with Crippen molar-refractivity contribution in [1.29, 1.82) is 0 Å². The highest BCUT2D eigenvalue weighted by atomic mass is 19.1. The third-order valence-electron chi connectivity index (χ3n) is 4.68. The molecule has 2 heterocycles. The van der Waals surface area contributed by atoms with E-state index in [9.17, 15) is 9.18 Å². The predicted molar refractivity (Wildman–Crippen MR) is 93.4 cm³/mol. The average Bonchev–Trinajstić information content (AvgIpc) is 3.23. The number of rotatable bonds is 4. The average molecular weight is 354 g/mol. The van der Waals surface area contributed by atoms with E-state index in [4.69, 9.17) is 4.52 Å². The van der Waals surface area contributed by atoms with Crippen LogP contribution < -0.4 is 5.32 Å². The molecule has 1 aliphatic carbocycles. The molecule has 26 heavy (non-hydrogen) atoms. The van der Waals surface area contributed by atoms with Crippen LogP contribution >= 0.6 is 0 Å². The number of amides is 1. The Morgan fingerprint density at radius 3 is 3.12 bits per heavy atom. The first kappa shape index (κ1) is 16.5. The quantitative estimate of drug-likeness (QED) is 0.779. The Bertz CT molecular complexity index is 947. The van der Waals surface area contributed by atoms with Gasteiger partial charge >= 0.3 is 0 Å². The van der Waals surface area contributed by atoms with Gasteiger partial charge in [0.15, 0.2) is 5.69 Å². The van der Waals surface area contributed by atoms with E-state index in [0.29, 0.717) is 29.4 Å². The maximum Gasteiger partial charge on any atom is 0.278 e. The van der Waals surface area contributed by atoms with Gasteiger partial charge in [0, 0.05) is 23.7 Å². The molecule has 0 fully saturated rings. The van der Waals surface area contributed by atoms with Crippen molar-refractivity contribution in [3.8, 4) is 0 Å². The van der Waals surface area contributed by atoms with Crippen molar-refractivity contribution < 1.29 is 13.7 Å². The van der Waals surface area contributed by atoms with Crippen molar-refractivity contribution in [2.45, 2.75) is 32.7 Å². The third-order valence-corrected chi connectivity index (χ3v) is 4.68. The van der Waals surface area contributed by atoms with E-state index in [1.165, 1.54) is 12.3 Å². The second-order valence-electron chi connectivity index (χ2n) is 6.75. The van der Waals surface area contributed by atoms with E-state index < -0.39 is 0 Å². The van der Waals surface area contributed by atoms with Crippen LogP contribution in [0.25, 0.3) is 0 Å². The number of hydrogen-bond donors (Lipinski definition) is 1. The molecular formula is C19H19FN4O2. The smallest absolute Gasteiger partial charge is 0.278 e.